The molecule has 0 saturated heterocycles. The van der Waals surface area contributed by atoms with Crippen molar-refractivity contribution >= 4 is 11.3 Å². The summed E-state index contributed by atoms with van der Waals surface area (Å²) in [5.74, 6) is 0. The molecule has 3 heteroatoms. The second-order valence-electron chi connectivity index (χ2n) is 4.14. The van der Waals surface area contributed by atoms with E-state index in [9.17, 15) is 0 Å². The maximum absolute atomic E-state index is 4.46. The van der Waals surface area contributed by atoms with Gasteiger partial charge < -0.3 is 4.90 Å². The Hall–Kier alpha value is -1.19. The molecule has 16 heavy (non-hydrogen) atoms. The summed E-state index contributed by atoms with van der Waals surface area (Å²) in [7, 11) is 5.97. The maximum Gasteiger partial charge on any atom is 0.123 e. The highest BCUT2D eigenvalue weighted by molar-refractivity contribution is 7.15. The predicted octanol–water partition coefficient (Wildman–Crippen LogP) is 1.92. The van der Waals surface area contributed by atoms with Crippen molar-refractivity contribution in [3.63, 3.8) is 0 Å². The first kappa shape index (κ1) is 11.3. The number of aryl methyl sites for hydroxylation is 1. The molecule has 2 rings (SSSR count). The van der Waals surface area contributed by atoms with E-state index in [4.69, 9.17) is 0 Å². The predicted molar refractivity (Wildman–Crippen MR) is 68.2 cm³/mol. The van der Waals surface area contributed by atoms with Gasteiger partial charge in [0.25, 0.3) is 0 Å². The maximum atomic E-state index is 4.46. The SMILES string of the molecule is [CH2-][NH+](C)Cc1cnc(-c2cccc(C)c2)s1. The Morgan fingerprint density at radius 2 is 2.25 bits per heavy atom. The number of benzene rings is 1. The van der Waals surface area contributed by atoms with Gasteiger partial charge in [-0.05, 0) is 13.0 Å². The van der Waals surface area contributed by atoms with Crippen molar-refractivity contribution in [1.82, 2.24) is 4.98 Å². The van der Waals surface area contributed by atoms with Crippen LogP contribution in [-0.4, -0.2) is 12.0 Å². The van der Waals surface area contributed by atoms with Crippen LogP contribution in [0.15, 0.2) is 30.5 Å². The Morgan fingerprint density at radius 1 is 1.44 bits per heavy atom. The lowest BCUT2D eigenvalue weighted by Gasteiger charge is -2.11. The van der Waals surface area contributed by atoms with Gasteiger partial charge >= 0.3 is 0 Å². The van der Waals surface area contributed by atoms with E-state index in [2.05, 4.69) is 43.2 Å². The monoisotopic (exact) mass is 232 g/mol. The van der Waals surface area contributed by atoms with Gasteiger partial charge in [-0.2, -0.15) is 7.05 Å². The average Bonchev–Trinajstić information content (AvgIpc) is 2.65. The van der Waals surface area contributed by atoms with Crippen LogP contribution in [0.5, 0.6) is 0 Å². The molecule has 84 valence electrons. The van der Waals surface area contributed by atoms with Crippen LogP contribution in [0.2, 0.25) is 0 Å². The molecule has 0 amide bonds. The van der Waals surface area contributed by atoms with Gasteiger partial charge in [-0.15, -0.1) is 11.3 Å². The lowest BCUT2D eigenvalue weighted by molar-refractivity contribution is -0.846. The smallest absolute Gasteiger partial charge is 0.123 e. The van der Waals surface area contributed by atoms with E-state index in [0.717, 1.165) is 11.6 Å². The van der Waals surface area contributed by atoms with E-state index in [1.54, 1.807) is 11.3 Å². The second kappa shape index (κ2) is 4.76. The molecule has 0 saturated carbocycles. The summed E-state index contributed by atoms with van der Waals surface area (Å²) in [6, 6.07) is 8.45. The summed E-state index contributed by atoms with van der Waals surface area (Å²) in [6.45, 7) is 3.04. The van der Waals surface area contributed by atoms with Gasteiger partial charge in [0.1, 0.15) is 5.01 Å². The Labute approximate surface area is 101 Å². The molecule has 0 fully saturated rings. The van der Waals surface area contributed by atoms with E-state index in [1.165, 1.54) is 20.9 Å². The molecule has 1 heterocycles. The van der Waals surface area contributed by atoms with Gasteiger partial charge in [0, 0.05) is 18.8 Å². The lowest BCUT2D eigenvalue weighted by atomic mass is 10.1. The van der Waals surface area contributed by atoms with Crippen LogP contribution < -0.4 is 4.90 Å². The first-order valence-corrected chi connectivity index (χ1v) is 6.13. The molecule has 0 radical (unpaired) electrons. The highest BCUT2D eigenvalue weighted by atomic mass is 32.1. The van der Waals surface area contributed by atoms with E-state index in [1.807, 2.05) is 13.2 Å². The van der Waals surface area contributed by atoms with Crippen LogP contribution in [0, 0.1) is 14.0 Å². The van der Waals surface area contributed by atoms with Crippen LogP contribution >= 0.6 is 11.3 Å². The normalized spacial score (nSPS) is 12.7. The van der Waals surface area contributed by atoms with Crippen molar-refractivity contribution < 1.29 is 4.90 Å². The third-order valence-electron chi connectivity index (χ3n) is 2.29. The fourth-order valence-electron chi connectivity index (χ4n) is 1.60. The molecule has 0 aliphatic carbocycles. The number of nitrogens with zero attached hydrogens (tertiary/aromatic N) is 1. The minimum atomic E-state index is 0.934. The Kier molecular flexibility index (Phi) is 3.36. The molecule has 1 aromatic carbocycles. The second-order valence-corrected chi connectivity index (χ2v) is 5.25. The van der Waals surface area contributed by atoms with E-state index in [0.29, 0.717) is 0 Å². The summed E-state index contributed by atoms with van der Waals surface area (Å²) < 4.78 is 0. The third-order valence-corrected chi connectivity index (χ3v) is 3.34. The molecule has 0 spiro atoms. The minimum Gasteiger partial charge on any atom is -0.466 e. The highest BCUT2D eigenvalue weighted by Crippen LogP contribution is 2.25. The molecule has 1 aromatic heterocycles. The fraction of sp³-hybridized carbons (Fsp3) is 0.231. The van der Waals surface area contributed by atoms with Gasteiger partial charge in [-0.1, -0.05) is 23.8 Å². The number of aromatic nitrogens is 1. The van der Waals surface area contributed by atoms with Gasteiger partial charge in [0.05, 0.1) is 11.4 Å². The molecule has 2 aromatic rings. The molecule has 2 nitrogen and oxygen atoms in total. The van der Waals surface area contributed by atoms with E-state index in [-0.39, 0.29) is 0 Å². The highest BCUT2D eigenvalue weighted by Gasteiger charge is 2.05. The lowest BCUT2D eigenvalue weighted by Crippen LogP contribution is -3.01. The average molecular weight is 232 g/mol. The van der Waals surface area contributed by atoms with Gasteiger partial charge in [0.2, 0.25) is 0 Å². The quantitative estimate of drug-likeness (QED) is 0.800. The Balaban J connectivity index is 2.24. The first-order chi connectivity index (χ1) is 7.65. The van der Waals surface area contributed by atoms with Crippen molar-refractivity contribution in [3.05, 3.63) is 48.0 Å². The van der Waals surface area contributed by atoms with Crippen molar-refractivity contribution in [1.29, 1.82) is 0 Å². The zero-order valence-corrected chi connectivity index (χ0v) is 10.5. The fourth-order valence-corrected chi connectivity index (χ4v) is 2.62. The summed E-state index contributed by atoms with van der Waals surface area (Å²) in [6.07, 6.45) is 1.96. The molecule has 1 N–H and O–H groups in total. The molecule has 0 aliphatic heterocycles. The van der Waals surface area contributed by atoms with Crippen LogP contribution in [0.25, 0.3) is 10.6 Å². The minimum absolute atomic E-state index is 0.934. The standard InChI is InChI=1S/C13H16N2S/c1-10-5-4-6-11(7-10)13-14-8-12(16-13)9-15(2)3/h4-8,15H,2,9H2,1,3H3. The summed E-state index contributed by atoms with van der Waals surface area (Å²) in [5.41, 5.74) is 2.48. The van der Waals surface area contributed by atoms with E-state index < -0.39 is 0 Å². The van der Waals surface area contributed by atoms with Gasteiger partial charge in [-0.3, -0.25) is 0 Å². The topological polar surface area (TPSA) is 17.3 Å². The zero-order valence-electron chi connectivity index (χ0n) is 9.66. The summed E-state index contributed by atoms with van der Waals surface area (Å²) >= 11 is 1.75. The van der Waals surface area contributed by atoms with Crippen LogP contribution in [-0.2, 0) is 6.54 Å². The zero-order chi connectivity index (χ0) is 11.5. The summed E-state index contributed by atoms with van der Waals surface area (Å²) in [4.78, 5) is 6.92. The molecule has 1 atom stereocenters. The Bertz CT molecular complexity index is 474. The number of rotatable bonds is 3. The molecular weight excluding hydrogens is 216 g/mol. The molecule has 0 aliphatic rings. The molecule has 0 bridgehead atoms. The van der Waals surface area contributed by atoms with Crippen molar-refractivity contribution in [3.8, 4) is 10.6 Å². The van der Waals surface area contributed by atoms with Crippen molar-refractivity contribution in [2.24, 2.45) is 0 Å². The molecule has 1 unspecified atom stereocenters. The number of hydrogen-bond donors (Lipinski definition) is 1. The summed E-state index contributed by atoms with van der Waals surface area (Å²) in [5, 5.41) is 1.10. The first-order valence-electron chi connectivity index (χ1n) is 5.31. The molecular formula is C13H16N2S. The third kappa shape index (κ3) is 2.68. The largest absolute Gasteiger partial charge is 0.466 e. The van der Waals surface area contributed by atoms with Crippen molar-refractivity contribution in [2.45, 2.75) is 13.5 Å². The number of thiazole rings is 1. The van der Waals surface area contributed by atoms with Crippen LogP contribution in [0.4, 0.5) is 0 Å². The number of nitrogens with one attached hydrogen (secondary N) is 1. The Morgan fingerprint density at radius 3 is 2.94 bits per heavy atom. The van der Waals surface area contributed by atoms with Crippen molar-refractivity contribution in [2.75, 3.05) is 7.05 Å². The van der Waals surface area contributed by atoms with Gasteiger partial charge in [-0.25, -0.2) is 4.98 Å². The van der Waals surface area contributed by atoms with Gasteiger partial charge in [0.15, 0.2) is 0 Å². The number of hydrogen-bond acceptors (Lipinski definition) is 2. The van der Waals surface area contributed by atoms with Crippen LogP contribution in [0.1, 0.15) is 10.4 Å². The van der Waals surface area contributed by atoms with Crippen LogP contribution in [0.3, 0.4) is 0 Å². The number of quaternary nitrogens is 1. The van der Waals surface area contributed by atoms with E-state index >= 15 is 0 Å².